The number of carboxylic acids is 1. The lowest BCUT2D eigenvalue weighted by molar-refractivity contribution is -0.142. The van der Waals surface area contributed by atoms with Gasteiger partial charge in [0.05, 0.1) is 17.4 Å². The molecule has 18 heavy (non-hydrogen) atoms. The highest BCUT2D eigenvalue weighted by atomic mass is 32.2. The van der Waals surface area contributed by atoms with Crippen LogP contribution in [-0.2, 0) is 24.7 Å². The second kappa shape index (κ2) is 5.14. The first-order chi connectivity index (χ1) is 8.04. The summed E-state index contributed by atoms with van der Waals surface area (Å²) in [6.07, 6.45) is 1.23. The molecule has 1 rings (SSSR count). The van der Waals surface area contributed by atoms with Crippen molar-refractivity contribution >= 4 is 25.8 Å². The largest absolute Gasteiger partial charge is 0.481 e. The zero-order chi connectivity index (χ0) is 14.1. The number of rotatable bonds is 5. The molecule has 106 valence electrons. The third-order valence-electron chi connectivity index (χ3n) is 3.08. The molecular weight excluding hydrogens is 282 g/mol. The number of sulfone groups is 1. The lowest BCUT2D eigenvalue weighted by Crippen LogP contribution is -2.40. The molecule has 0 spiro atoms. The Bertz CT molecular complexity index is 523. The summed E-state index contributed by atoms with van der Waals surface area (Å²) in [7, 11) is -7.07. The minimum absolute atomic E-state index is 0.129. The van der Waals surface area contributed by atoms with Crippen molar-refractivity contribution in [3.63, 3.8) is 0 Å². The molecule has 2 atom stereocenters. The van der Waals surface area contributed by atoms with Gasteiger partial charge in [0.1, 0.15) is 9.84 Å². The number of nitrogens with zero attached hydrogens (tertiary/aromatic N) is 1. The molecule has 1 heterocycles. The molecule has 0 bridgehead atoms. The van der Waals surface area contributed by atoms with E-state index in [0.29, 0.717) is 0 Å². The summed E-state index contributed by atoms with van der Waals surface area (Å²) >= 11 is 0. The van der Waals surface area contributed by atoms with E-state index in [0.717, 1.165) is 10.6 Å². The van der Waals surface area contributed by atoms with Crippen LogP contribution in [0.15, 0.2) is 0 Å². The van der Waals surface area contributed by atoms with Crippen molar-refractivity contribution in [1.29, 1.82) is 0 Å². The van der Waals surface area contributed by atoms with Crippen molar-refractivity contribution in [3.8, 4) is 0 Å². The summed E-state index contributed by atoms with van der Waals surface area (Å²) < 4.78 is 46.9. The molecule has 9 heteroatoms. The molecule has 1 N–H and O–H groups in total. The Hall–Kier alpha value is -0.670. The quantitative estimate of drug-likeness (QED) is 0.708. The minimum Gasteiger partial charge on any atom is -0.481 e. The van der Waals surface area contributed by atoms with Crippen molar-refractivity contribution in [1.82, 2.24) is 4.31 Å². The fourth-order valence-electron chi connectivity index (χ4n) is 2.01. The van der Waals surface area contributed by atoms with Gasteiger partial charge >= 0.3 is 5.97 Å². The molecule has 1 saturated heterocycles. The van der Waals surface area contributed by atoms with E-state index in [-0.39, 0.29) is 13.0 Å². The smallest absolute Gasteiger partial charge is 0.308 e. The zero-order valence-electron chi connectivity index (χ0n) is 10.2. The molecule has 0 radical (unpaired) electrons. The van der Waals surface area contributed by atoms with Crippen molar-refractivity contribution in [2.45, 2.75) is 19.4 Å². The maximum atomic E-state index is 11.9. The van der Waals surface area contributed by atoms with Gasteiger partial charge in [-0.1, -0.05) is 0 Å². The van der Waals surface area contributed by atoms with Gasteiger partial charge in [0, 0.05) is 18.8 Å². The highest BCUT2D eigenvalue weighted by Crippen LogP contribution is 2.27. The van der Waals surface area contributed by atoms with Crippen LogP contribution in [0.2, 0.25) is 0 Å². The van der Waals surface area contributed by atoms with E-state index in [1.165, 1.54) is 6.92 Å². The summed E-state index contributed by atoms with van der Waals surface area (Å²) in [6.45, 7) is 1.66. The average molecular weight is 299 g/mol. The van der Waals surface area contributed by atoms with E-state index in [4.69, 9.17) is 5.11 Å². The first-order valence-electron chi connectivity index (χ1n) is 5.44. The Morgan fingerprint density at radius 1 is 1.28 bits per heavy atom. The lowest BCUT2D eigenvalue weighted by Gasteiger charge is -2.22. The van der Waals surface area contributed by atoms with Crippen LogP contribution in [0.4, 0.5) is 0 Å². The van der Waals surface area contributed by atoms with Gasteiger partial charge in [-0.05, 0) is 13.3 Å². The van der Waals surface area contributed by atoms with Crippen LogP contribution in [0, 0.1) is 5.92 Å². The molecule has 0 aromatic rings. The number of carbonyl (C=O) groups is 1. The highest BCUT2D eigenvalue weighted by Gasteiger charge is 2.41. The summed E-state index contributed by atoms with van der Waals surface area (Å²) in [6, 6.07) is -0.632. The second-order valence-corrected chi connectivity index (χ2v) is 8.83. The van der Waals surface area contributed by atoms with E-state index >= 15 is 0 Å². The SMILES string of the molecule is CC1C(C(=O)O)CCN1S(=O)(=O)CCS(C)(=O)=O. The van der Waals surface area contributed by atoms with Crippen LogP contribution >= 0.6 is 0 Å². The van der Waals surface area contributed by atoms with E-state index in [9.17, 15) is 21.6 Å². The first-order valence-corrected chi connectivity index (χ1v) is 9.11. The summed E-state index contributed by atoms with van der Waals surface area (Å²) in [5.74, 6) is -2.69. The van der Waals surface area contributed by atoms with Crippen molar-refractivity contribution in [2.75, 3.05) is 24.3 Å². The standard InChI is InChI=1S/C9H17NO6S2/c1-7-8(9(11)12)3-4-10(7)18(15,16)6-5-17(2,13)14/h7-8H,3-6H2,1-2H3,(H,11,12). The van der Waals surface area contributed by atoms with Crippen molar-refractivity contribution < 1.29 is 26.7 Å². The molecule has 0 aromatic heterocycles. The third kappa shape index (κ3) is 3.66. The van der Waals surface area contributed by atoms with Crippen molar-refractivity contribution in [2.24, 2.45) is 5.92 Å². The van der Waals surface area contributed by atoms with E-state index in [1.54, 1.807) is 0 Å². The van der Waals surface area contributed by atoms with Crippen LogP contribution in [0.25, 0.3) is 0 Å². The molecular formula is C9H17NO6S2. The van der Waals surface area contributed by atoms with Gasteiger partial charge in [-0.25, -0.2) is 16.8 Å². The third-order valence-corrected chi connectivity index (χ3v) is 6.24. The Morgan fingerprint density at radius 2 is 1.83 bits per heavy atom. The van der Waals surface area contributed by atoms with Crippen LogP contribution < -0.4 is 0 Å². The van der Waals surface area contributed by atoms with Gasteiger partial charge in [-0.3, -0.25) is 4.79 Å². The minimum atomic E-state index is -3.72. The topological polar surface area (TPSA) is 109 Å². The monoisotopic (exact) mass is 299 g/mol. The van der Waals surface area contributed by atoms with E-state index in [1.807, 2.05) is 0 Å². The highest BCUT2D eigenvalue weighted by molar-refractivity contribution is 7.93. The van der Waals surface area contributed by atoms with Gasteiger partial charge < -0.3 is 5.11 Å². The summed E-state index contributed by atoms with van der Waals surface area (Å²) in [5, 5.41) is 8.91. The van der Waals surface area contributed by atoms with E-state index < -0.39 is 49.3 Å². The number of hydrogen-bond donors (Lipinski definition) is 1. The predicted octanol–water partition coefficient (Wildman–Crippen LogP) is -0.844. The normalized spacial score (nSPS) is 26.3. The average Bonchev–Trinajstić information content (AvgIpc) is 2.57. The number of carboxylic acid groups (broad SMARTS) is 1. The van der Waals surface area contributed by atoms with Gasteiger partial charge in [-0.2, -0.15) is 4.31 Å². The van der Waals surface area contributed by atoms with Gasteiger partial charge in [0.15, 0.2) is 0 Å². The lowest BCUT2D eigenvalue weighted by atomic mass is 10.0. The molecule has 1 aliphatic rings. The van der Waals surface area contributed by atoms with Crippen molar-refractivity contribution in [3.05, 3.63) is 0 Å². The van der Waals surface area contributed by atoms with E-state index in [2.05, 4.69) is 0 Å². The Balaban J connectivity index is 2.79. The molecule has 0 aromatic carbocycles. The molecule has 2 unspecified atom stereocenters. The van der Waals surface area contributed by atoms with Crippen LogP contribution in [0.5, 0.6) is 0 Å². The molecule has 0 saturated carbocycles. The zero-order valence-corrected chi connectivity index (χ0v) is 11.9. The Labute approximate surface area is 107 Å². The fraction of sp³-hybridized carbons (Fsp3) is 0.889. The molecule has 0 aliphatic carbocycles. The second-order valence-electron chi connectivity index (χ2n) is 4.53. The number of sulfonamides is 1. The van der Waals surface area contributed by atoms with Crippen LogP contribution in [-0.4, -0.2) is 62.6 Å². The predicted molar refractivity (Wildman–Crippen MR) is 65.4 cm³/mol. The summed E-state index contributed by atoms with van der Waals surface area (Å²) in [4.78, 5) is 10.9. The Morgan fingerprint density at radius 3 is 2.22 bits per heavy atom. The van der Waals surface area contributed by atoms with Gasteiger partial charge in [0.25, 0.3) is 0 Å². The fourth-order valence-corrected chi connectivity index (χ4v) is 5.33. The number of hydrogen-bond acceptors (Lipinski definition) is 5. The maximum Gasteiger partial charge on any atom is 0.308 e. The van der Waals surface area contributed by atoms with Gasteiger partial charge in [0.2, 0.25) is 10.0 Å². The molecule has 1 fully saturated rings. The first kappa shape index (κ1) is 15.4. The summed E-state index contributed by atoms with van der Waals surface area (Å²) in [5.41, 5.74) is 0. The maximum absolute atomic E-state index is 11.9. The molecule has 0 amide bonds. The molecule has 1 aliphatic heterocycles. The van der Waals surface area contributed by atoms with Crippen LogP contribution in [0.3, 0.4) is 0 Å². The van der Waals surface area contributed by atoms with Gasteiger partial charge in [-0.15, -0.1) is 0 Å². The molecule has 7 nitrogen and oxygen atoms in total. The van der Waals surface area contributed by atoms with Crippen LogP contribution in [0.1, 0.15) is 13.3 Å². The Kier molecular flexibility index (Phi) is 4.39. The number of aliphatic carboxylic acids is 1.